The first-order chi connectivity index (χ1) is 11.0. The van der Waals surface area contributed by atoms with Crippen molar-refractivity contribution >= 4 is 21.5 Å². The van der Waals surface area contributed by atoms with Gasteiger partial charge in [0.15, 0.2) is 0 Å². The van der Waals surface area contributed by atoms with Gasteiger partial charge in [-0.1, -0.05) is 18.2 Å². The molecule has 0 spiro atoms. The number of benzene rings is 2. The zero-order valence-electron chi connectivity index (χ0n) is 12.2. The molecule has 0 aliphatic rings. The van der Waals surface area contributed by atoms with Crippen molar-refractivity contribution in [2.45, 2.75) is 16.7 Å². The van der Waals surface area contributed by atoms with Crippen molar-refractivity contribution in [1.82, 2.24) is 0 Å². The highest BCUT2D eigenvalue weighted by Gasteiger charge is 2.19. The number of hydrogen-bond donors (Lipinski definition) is 0. The molecule has 0 aliphatic carbocycles. The van der Waals surface area contributed by atoms with Crippen LogP contribution in [0.15, 0.2) is 68.8 Å². The first-order valence-corrected chi connectivity index (χ1v) is 8.22. The molecule has 0 heterocycles. The van der Waals surface area contributed by atoms with Crippen LogP contribution in [0.2, 0.25) is 0 Å². The minimum atomic E-state index is -3.28. The third kappa shape index (κ3) is 3.72. The second kappa shape index (κ2) is 7.01. The van der Waals surface area contributed by atoms with Gasteiger partial charge in [0.05, 0.1) is 21.3 Å². The average molecular weight is 334 g/mol. The molecule has 0 saturated carbocycles. The first-order valence-electron chi connectivity index (χ1n) is 6.71. The van der Waals surface area contributed by atoms with Gasteiger partial charge in [0, 0.05) is 12.1 Å². The standard InChI is InChI=1S/C15H14N2O5S/c1-2-22-15(18)16-23(21,13-6-4-3-5-7-13)14-10-8-12(9-11-14)17(19)20/h3-11H,2H2,1H3. The third-order valence-electron chi connectivity index (χ3n) is 2.90. The summed E-state index contributed by atoms with van der Waals surface area (Å²) in [6.07, 6.45) is -0.945. The van der Waals surface area contributed by atoms with E-state index in [0.717, 1.165) is 0 Å². The van der Waals surface area contributed by atoms with Gasteiger partial charge in [0.25, 0.3) is 5.69 Å². The number of nitrogens with zero attached hydrogens (tertiary/aromatic N) is 2. The van der Waals surface area contributed by atoms with Crippen LogP contribution in [-0.2, 0) is 14.5 Å². The number of nitro benzene ring substituents is 1. The topological polar surface area (TPSA) is 98.9 Å². The summed E-state index contributed by atoms with van der Waals surface area (Å²) < 4.78 is 21.8. The Morgan fingerprint density at radius 3 is 2.22 bits per heavy atom. The molecule has 120 valence electrons. The summed E-state index contributed by atoms with van der Waals surface area (Å²) in [4.78, 5) is 22.4. The fraction of sp³-hybridized carbons (Fsp3) is 0.133. The Labute approximate surface area is 133 Å². The number of rotatable bonds is 4. The number of non-ortho nitro benzene ring substituents is 1. The van der Waals surface area contributed by atoms with Crippen LogP contribution in [0.25, 0.3) is 0 Å². The van der Waals surface area contributed by atoms with E-state index in [0.29, 0.717) is 4.90 Å². The zero-order chi connectivity index (χ0) is 16.9. The van der Waals surface area contributed by atoms with Gasteiger partial charge < -0.3 is 4.74 Å². The van der Waals surface area contributed by atoms with Crippen LogP contribution in [-0.4, -0.2) is 21.8 Å². The van der Waals surface area contributed by atoms with Crippen LogP contribution in [0, 0.1) is 10.1 Å². The maximum Gasteiger partial charge on any atom is 0.442 e. The van der Waals surface area contributed by atoms with Crippen molar-refractivity contribution in [3.63, 3.8) is 0 Å². The number of ether oxygens (including phenoxy) is 1. The molecule has 23 heavy (non-hydrogen) atoms. The van der Waals surface area contributed by atoms with Crippen LogP contribution < -0.4 is 0 Å². The first kappa shape index (κ1) is 16.6. The molecule has 7 nitrogen and oxygen atoms in total. The Morgan fingerprint density at radius 2 is 1.70 bits per heavy atom. The Balaban J connectivity index is 2.61. The Morgan fingerprint density at radius 1 is 1.13 bits per heavy atom. The van der Waals surface area contributed by atoms with Crippen LogP contribution in [0.1, 0.15) is 6.92 Å². The number of amides is 1. The highest BCUT2D eigenvalue weighted by atomic mass is 32.2. The zero-order valence-corrected chi connectivity index (χ0v) is 13.1. The van der Waals surface area contributed by atoms with E-state index in [2.05, 4.69) is 4.36 Å². The van der Waals surface area contributed by atoms with E-state index in [-0.39, 0.29) is 17.2 Å². The third-order valence-corrected chi connectivity index (χ3v) is 5.13. The smallest absolute Gasteiger partial charge is 0.442 e. The molecule has 2 rings (SSSR count). The molecule has 0 aliphatic heterocycles. The van der Waals surface area contributed by atoms with Gasteiger partial charge in [-0.25, -0.2) is 9.00 Å². The van der Waals surface area contributed by atoms with Crippen LogP contribution in [0.5, 0.6) is 0 Å². The van der Waals surface area contributed by atoms with E-state index in [4.69, 9.17) is 4.74 Å². The summed E-state index contributed by atoms with van der Waals surface area (Å²) in [7, 11) is -3.28. The van der Waals surface area contributed by atoms with E-state index in [1.165, 1.54) is 24.3 Å². The fourth-order valence-corrected chi connectivity index (χ4v) is 3.63. The Bertz CT molecular complexity index is 825. The largest absolute Gasteiger partial charge is 0.448 e. The summed E-state index contributed by atoms with van der Waals surface area (Å²) in [5.41, 5.74) is -0.139. The quantitative estimate of drug-likeness (QED) is 0.628. The predicted octanol–water partition coefficient (Wildman–Crippen LogP) is 3.64. The molecular formula is C15H14N2O5S. The number of carbonyl (C=O) groups excluding carboxylic acids is 1. The molecule has 1 unspecified atom stereocenters. The van der Waals surface area contributed by atoms with Gasteiger partial charge in [0.2, 0.25) is 0 Å². The predicted molar refractivity (Wildman–Crippen MR) is 83.7 cm³/mol. The molecule has 0 N–H and O–H groups in total. The summed E-state index contributed by atoms with van der Waals surface area (Å²) in [5, 5.41) is 10.7. The molecule has 0 aromatic heterocycles. The molecule has 8 heteroatoms. The molecule has 0 fully saturated rings. The SMILES string of the molecule is CCOC(=O)N=S(=O)(c1ccccc1)c1ccc([N+](=O)[O-])cc1. The summed E-state index contributed by atoms with van der Waals surface area (Å²) in [6.45, 7) is 1.72. The highest BCUT2D eigenvalue weighted by molar-refractivity contribution is 7.94. The van der Waals surface area contributed by atoms with Crippen molar-refractivity contribution < 1.29 is 18.7 Å². The van der Waals surface area contributed by atoms with Gasteiger partial charge in [-0.05, 0) is 31.2 Å². The molecule has 0 saturated heterocycles. The lowest BCUT2D eigenvalue weighted by Gasteiger charge is -2.10. The van der Waals surface area contributed by atoms with E-state index in [9.17, 15) is 19.1 Å². The molecule has 0 bridgehead atoms. The Hall–Kier alpha value is -2.74. The fourth-order valence-electron chi connectivity index (χ4n) is 1.85. The van der Waals surface area contributed by atoms with Crippen molar-refractivity contribution in [1.29, 1.82) is 0 Å². The Kier molecular flexibility index (Phi) is 5.07. The minimum Gasteiger partial charge on any atom is -0.448 e. The van der Waals surface area contributed by atoms with E-state index >= 15 is 0 Å². The monoisotopic (exact) mass is 334 g/mol. The normalized spacial score (nSPS) is 12.9. The maximum atomic E-state index is 13.3. The molecule has 2 aromatic rings. The van der Waals surface area contributed by atoms with Crippen LogP contribution >= 0.6 is 0 Å². The lowest BCUT2D eigenvalue weighted by atomic mass is 10.3. The van der Waals surface area contributed by atoms with Crippen LogP contribution in [0.4, 0.5) is 10.5 Å². The summed E-state index contributed by atoms with van der Waals surface area (Å²) >= 11 is 0. The van der Waals surface area contributed by atoms with E-state index < -0.39 is 20.7 Å². The molecule has 1 amide bonds. The summed E-state index contributed by atoms with van der Waals surface area (Å²) in [5.74, 6) is 0. The molecule has 2 aromatic carbocycles. The van der Waals surface area contributed by atoms with Gasteiger partial charge in [-0.2, -0.15) is 0 Å². The van der Waals surface area contributed by atoms with Crippen LogP contribution in [0.3, 0.4) is 0 Å². The molecule has 1 atom stereocenters. The maximum absolute atomic E-state index is 13.3. The molecular weight excluding hydrogens is 320 g/mol. The van der Waals surface area contributed by atoms with Gasteiger partial charge in [0.1, 0.15) is 9.73 Å². The number of hydrogen-bond acceptors (Lipinski definition) is 5. The van der Waals surface area contributed by atoms with E-state index in [1.54, 1.807) is 37.3 Å². The van der Waals surface area contributed by atoms with Gasteiger partial charge >= 0.3 is 6.09 Å². The summed E-state index contributed by atoms with van der Waals surface area (Å²) in [6, 6.07) is 13.3. The van der Waals surface area contributed by atoms with Crippen molar-refractivity contribution in [3.05, 3.63) is 64.7 Å². The lowest BCUT2D eigenvalue weighted by Crippen LogP contribution is -2.07. The van der Waals surface area contributed by atoms with Crippen molar-refractivity contribution in [2.24, 2.45) is 4.36 Å². The van der Waals surface area contributed by atoms with Crippen molar-refractivity contribution in [2.75, 3.05) is 6.61 Å². The van der Waals surface area contributed by atoms with Gasteiger partial charge in [-0.3, -0.25) is 10.1 Å². The van der Waals surface area contributed by atoms with Gasteiger partial charge in [-0.15, -0.1) is 4.36 Å². The van der Waals surface area contributed by atoms with E-state index in [1.807, 2.05) is 0 Å². The second-order valence-electron chi connectivity index (χ2n) is 4.38. The average Bonchev–Trinajstić information content (AvgIpc) is 2.56. The highest BCUT2D eigenvalue weighted by Crippen LogP contribution is 2.25. The number of carbonyl (C=O) groups is 1. The number of nitro groups is 1. The molecule has 0 radical (unpaired) electrons. The lowest BCUT2D eigenvalue weighted by molar-refractivity contribution is -0.384. The second-order valence-corrected chi connectivity index (χ2v) is 6.56. The minimum absolute atomic E-state index is 0.104. The van der Waals surface area contributed by atoms with Crippen molar-refractivity contribution in [3.8, 4) is 0 Å².